The molecule has 0 bridgehead atoms. The van der Waals surface area contributed by atoms with E-state index < -0.39 is 0 Å². The molecule has 1 N–H and O–H groups in total. The van der Waals surface area contributed by atoms with Crippen molar-refractivity contribution in [1.29, 1.82) is 0 Å². The van der Waals surface area contributed by atoms with Crippen LogP contribution in [0.5, 0.6) is 57.5 Å². The van der Waals surface area contributed by atoms with Crippen LogP contribution in [0.15, 0.2) is 152 Å². The van der Waals surface area contributed by atoms with Crippen molar-refractivity contribution in [2.45, 2.75) is 331 Å². The third-order valence-electron chi connectivity index (χ3n) is 20.3. The van der Waals surface area contributed by atoms with Gasteiger partial charge in [-0.3, -0.25) is 0 Å². The summed E-state index contributed by atoms with van der Waals surface area (Å²) in [6, 6.07) is 50.3. The van der Waals surface area contributed by atoms with Crippen molar-refractivity contribution in [2.24, 2.45) is 0 Å². The molecule has 108 heavy (non-hydrogen) atoms. The summed E-state index contributed by atoms with van der Waals surface area (Å²) in [6.07, 6.45) is 51.9. The molecule has 0 aliphatic rings. The van der Waals surface area contributed by atoms with Gasteiger partial charge < -0.3 is 52.5 Å². The zero-order chi connectivity index (χ0) is 75.6. The summed E-state index contributed by atoms with van der Waals surface area (Å²) >= 11 is 0. The zero-order valence-corrected chi connectivity index (χ0v) is 67.5. The minimum atomic E-state index is -0.156. The molecule has 594 valence electrons. The number of hydrogen-bond acceptors (Lipinski definition) is 11. The molecule has 0 spiro atoms. The number of aliphatic hydroxyl groups excluding tert-OH is 1. The van der Waals surface area contributed by atoms with Crippen LogP contribution in [-0.4, -0.2) is 31.5 Å². The minimum Gasteiger partial charge on any atom is -0.494 e. The predicted octanol–water partition coefficient (Wildman–Crippen LogP) is 27.9. The average Bonchev–Trinajstić information content (AvgIpc) is 0.845. The second-order valence-corrected chi connectivity index (χ2v) is 29.9. The molecule has 0 amide bonds. The Morgan fingerprint density at radius 2 is 0.352 bits per heavy atom. The van der Waals surface area contributed by atoms with E-state index in [4.69, 9.17) is 47.4 Å². The van der Waals surface area contributed by atoms with Crippen LogP contribution in [0.2, 0.25) is 0 Å². The van der Waals surface area contributed by atoms with Gasteiger partial charge in [-0.25, -0.2) is 0 Å². The summed E-state index contributed by atoms with van der Waals surface area (Å²) < 4.78 is 64.3. The van der Waals surface area contributed by atoms with Crippen molar-refractivity contribution >= 4 is 0 Å². The lowest BCUT2D eigenvalue weighted by atomic mass is 10.1. The molecule has 0 aliphatic carbocycles. The average molecular weight is 1480 g/mol. The first-order chi connectivity index (χ1) is 53.4. The van der Waals surface area contributed by atoms with E-state index in [0.717, 1.165) is 108 Å². The van der Waals surface area contributed by atoms with Crippen molar-refractivity contribution in [1.82, 2.24) is 0 Å². The molecule has 11 heteroatoms. The van der Waals surface area contributed by atoms with Crippen LogP contribution in [0.1, 0.15) is 323 Å². The molecule has 0 saturated heterocycles. The Kier molecular flexibility index (Phi) is 46.8. The van der Waals surface area contributed by atoms with Crippen molar-refractivity contribution in [3.8, 4) is 57.5 Å². The second-order valence-electron chi connectivity index (χ2n) is 29.9. The molecule has 0 saturated carbocycles. The van der Waals surface area contributed by atoms with Gasteiger partial charge in [-0.1, -0.05) is 326 Å². The van der Waals surface area contributed by atoms with E-state index in [2.05, 4.69) is 76.2 Å². The molecule has 0 unspecified atom stereocenters. The molecule has 0 heterocycles. The van der Waals surface area contributed by atoms with Gasteiger partial charge in [0, 0.05) is 0 Å². The Morgan fingerprint density at radius 1 is 0.176 bits per heavy atom. The molecule has 0 aliphatic heterocycles. The Hall–Kier alpha value is -7.50. The number of aliphatic hydroxyl groups is 1. The van der Waals surface area contributed by atoms with E-state index in [1.165, 1.54) is 231 Å². The fourth-order valence-electron chi connectivity index (χ4n) is 13.4. The first-order valence-corrected chi connectivity index (χ1v) is 43.0. The molecule has 0 atom stereocenters. The largest absolute Gasteiger partial charge is 0.494 e. The van der Waals surface area contributed by atoms with E-state index in [9.17, 15) is 5.11 Å². The highest BCUT2D eigenvalue weighted by atomic mass is 16.5. The summed E-state index contributed by atoms with van der Waals surface area (Å²) in [4.78, 5) is 0. The van der Waals surface area contributed by atoms with Gasteiger partial charge in [-0.2, -0.15) is 0 Å². The Labute approximate surface area is 654 Å². The van der Waals surface area contributed by atoms with Crippen molar-refractivity contribution in [2.75, 3.05) is 26.4 Å². The van der Waals surface area contributed by atoms with E-state index in [-0.39, 0.29) is 19.8 Å². The Bertz CT molecular complexity index is 3330. The number of hydrogen-bond donors (Lipinski definition) is 1. The third-order valence-corrected chi connectivity index (χ3v) is 20.3. The van der Waals surface area contributed by atoms with Crippen LogP contribution < -0.4 is 47.4 Å². The van der Waals surface area contributed by atoms with Crippen molar-refractivity contribution in [3.05, 3.63) is 191 Å². The fraction of sp³-hybridized carbons (Fsp3) is 0.567. The second kappa shape index (κ2) is 57.6. The highest BCUT2D eigenvalue weighted by Gasteiger charge is 2.16. The maximum absolute atomic E-state index is 10.4. The van der Waals surface area contributed by atoms with Crippen LogP contribution in [0, 0.1) is 0 Å². The summed E-state index contributed by atoms with van der Waals surface area (Å²) in [5.41, 5.74) is 6.52. The number of unbranched alkanes of at least 4 members (excludes halogenated alkanes) is 36. The lowest BCUT2D eigenvalue weighted by Crippen LogP contribution is -2.05. The summed E-state index contributed by atoms with van der Waals surface area (Å²) in [5.74, 6) is 6.95. The normalized spacial score (nSPS) is 11.2. The van der Waals surface area contributed by atoms with Gasteiger partial charge in [0.1, 0.15) is 62.6 Å². The van der Waals surface area contributed by atoms with E-state index in [0.29, 0.717) is 66.5 Å². The summed E-state index contributed by atoms with van der Waals surface area (Å²) in [5, 5.41) is 10.4. The predicted molar refractivity (Wildman–Crippen MR) is 446 cm³/mol. The van der Waals surface area contributed by atoms with Gasteiger partial charge in [-0.15, -0.1) is 0 Å². The quantitative estimate of drug-likeness (QED) is 0.0368. The SMILES string of the molecule is CCCCCCCCCCCCOc1ccc(COc2ccc(COc3ccc(CO)cc3OCc3ccc(OCc4ccc(OCCCCCCCCCCCC)cc4)c(OCc4ccc(OCCCCCCCCCCCC)cc4)c3)cc2OCc2ccc(OCCCCCCCCCCCC)cc2)cc1. The fourth-order valence-corrected chi connectivity index (χ4v) is 13.4. The Morgan fingerprint density at radius 3 is 0.574 bits per heavy atom. The number of ether oxygens (including phenoxy) is 10. The molecule has 7 aromatic rings. The van der Waals surface area contributed by atoms with Gasteiger partial charge in [0.05, 0.1) is 33.0 Å². The summed E-state index contributed by atoms with van der Waals surface area (Å²) in [7, 11) is 0. The minimum absolute atomic E-state index is 0.156. The first kappa shape index (κ1) is 87.7. The third kappa shape index (κ3) is 38.7. The van der Waals surface area contributed by atoms with Gasteiger partial charge >= 0.3 is 0 Å². The molecule has 7 rings (SSSR count). The molecule has 7 aromatic carbocycles. The maximum atomic E-state index is 10.4. The molecule has 11 nitrogen and oxygen atoms in total. The molecule has 0 fully saturated rings. The lowest BCUT2D eigenvalue weighted by Gasteiger charge is -2.17. The number of benzene rings is 7. The molecule has 0 aromatic heterocycles. The van der Waals surface area contributed by atoms with E-state index in [1.807, 2.05) is 103 Å². The van der Waals surface area contributed by atoms with Gasteiger partial charge in [0.25, 0.3) is 0 Å². The van der Waals surface area contributed by atoms with Crippen molar-refractivity contribution < 1.29 is 52.5 Å². The number of rotatable bonds is 67. The zero-order valence-electron chi connectivity index (χ0n) is 67.5. The van der Waals surface area contributed by atoms with E-state index in [1.54, 1.807) is 0 Å². The van der Waals surface area contributed by atoms with Crippen LogP contribution in [0.3, 0.4) is 0 Å². The van der Waals surface area contributed by atoms with Crippen molar-refractivity contribution in [3.63, 3.8) is 0 Å². The highest BCUT2D eigenvalue weighted by molar-refractivity contribution is 5.47. The van der Waals surface area contributed by atoms with Crippen LogP contribution in [0.25, 0.3) is 0 Å². The van der Waals surface area contributed by atoms with Gasteiger partial charge in [0.15, 0.2) is 34.5 Å². The van der Waals surface area contributed by atoms with Crippen LogP contribution in [-0.2, 0) is 46.2 Å². The Balaban J connectivity index is 0.968. The van der Waals surface area contributed by atoms with E-state index >= 15 is 0 Å². The molecular formula is C97H140O11. The lowest BCUT2D eigenvalue weighted by molar-refractivity contribution is 0.244. The molecule has 0 radical (unpaired) electrons. The smallest absolute Gasteiger partial charge is 0.162 e. The summed E-state index contributed by atoms with van der Waals surface area (Å²) in [6.45, 7) is 13.6. The topological polar surface area (TPSA) is 113 Å². The van der Waals surface area contributed by atoms with Gasteiger partial charge in [-0.05, 0) is 150 Å². The standard InChI is InChI=1S/C97H140O11/c1-5-9-13-17-21-25-29-33-37-41-67-99-88-56-45-81(46-57-88)75-103-93-65-54-86(72-96(93)106-77-83-49-60-90(61-50-83)101-69-43-39-35-31-27-23-19-15-11-7-3)79-105-92-64-53-85(74-98)71-95(92)108-80-87-55-66-94(104-76-82-47-58-89(59-48-82)100-68-42-38-34-30-26-22-18-14-10-6-2)97(73-87)107-78-84-51-62-91(63-52-84)102-70-44-40-36-32-28-24-20-16-12-8-4/h45-66,71-73,98H,5-44,67-70,74-80H2,1-4H3. The monoisotopic (exact) mass is 1480 g/mol. The van der Waals surface area contributed by atoms with Gasteiger partial charge in [0.2, 0.25) is 0 Å². The molecular weight excluding hydrogens is 1340 g/mol. The highest BCUT2D eigenvalue weighted by Crippen LogP contribution is 2.36. The first-order valence-electron chi connectivity index (χ1n) is 43.0. The van der Waals surface area contributed by atoms with Crippen LogP contribution in [0.4, 0.5) is 0 Å². The maximum Gasteiger partial charge on any atom is 0.162 e. The van der Waals surface area contributed by atoms with Crippen LogP contribution >= 0.6 is 0 Å².